The first-order valence-electron chi connectivity index (χ1n) is 7.11. The second kappa shape index (κ2) is 7.65. The van der Waals surface area contributed by atoms with Crippen LogP contribution in [0.25, 0.3) is 0 Å². The van der Waals surface area contributed by atoms with Gasteiger partial charge in [-0.15, -0.1) is 0 Å². The van der Waals surface area contributed by atoms with Crippen LogP contribution in [0.2, 0.25) is 0 Å². The molecule has 1 atom stereocenters. The first-order chi connectivity index (χ1) is 9.85. The van der Waals surface area contributed by atoms with Crippen molar-refractivity contribution in [1.29, 1.82) is 0 Å². The molecule has 1 N–H and O–H groups in total. The molecule has 0 aliphatic rings. The summed E-state index contributed by atoms with van der Waals surface area (Å²) in [5.74, 6) is 0.853. The molecule has 20 heavy (non-hydrogen) atoms. The molecule has 0 saturated carbocycles. The number of nitrogens with zero attached hydrogens (tertiary/aromatic N) is 1. The Bertz CT molecular complexity index is 513. The van der Waals surface area contributed by atoms with E-state index in [-0.39, 0.29) is 6.04 Å². The van der Waals surface area contributed by atoms with E-state index < -0.39 is 0 Å². The third-order valence-corrected chi connectivity index (χ3v) is 3.36. The zero-order valence-electron chi connectivity index (χ0n) is 12.2. The summed E-state index contributed by atoms with van der Waals surface area (Å²) in [6.45, 7) is 3.03. The topological polar surface area (TPSA) is 34.2 Å². The fraction of sp³-hybridized carbons (Fsp3) is 0.353. The van der Waals surface area contributed by atoms with Crippen LogP contribution in [-0.4, -0.2) is 18.6 Å². The van der Waals surface area contributed by atoms with Crippen LogP contribution >= 0.6 is 0 Å². The molecule has 2 rings (SSSR count). The van der Waals surface area contributed by atoms with Gasteiger partial charge in [0.1, 0.15) is 5.75 Å². The smallest absolute Gasteiger partial charge is 0.141 e. The van der Waals surface area contributed by atoms with Gasteiger partial charge in [-0.25, -0.2) is 0 Å². The van der Waals surface area contributed by atoms with Crippen LogP contribution in [0.4, 0.5) is 0 Å². The molecule has 0 bridgehead atoms. The van der Waals surface area contributed by atoms with Crippen molar-refractivity contribution in [2.24, 2.45) is 0 Å². The van der Waals surface area contributed by atoms with E-state index in [1.165, 1.54) is 5.56 Å². The van der Waals surface area contributed by atoms with Crippen molar-refractivity contribution in [2.45, 2.75) is 25.8 Å². The molecular formula is C17H22N2O. The van der Waals surface area contributed by atoms with Gasteiger partial charge < -0.3 is 10.1 Å². The van der Waals surface area contributed by atoms with E-state index in [4.69, 9.17) is 4.74 Å². The summed E-state index contributed by atoms with van der Waals surface area (Å²) < 4.78 is 5.42. The number of nitrogens with one attached hydrogen (secondary N) is 1. The van der Waals surface area contributed by atoms with Crippen molar-refractivity contribution in [1.82, 2.24) is 10.3 Å². The van der Waals surface area contributed by atoms with E-state index in [2.05, 4.69) is 41.5 Å². The maximum atomic E-state index is 5.42. The summed E-state index contributed by atoms with van der Waals surface area (Å²) in [5.41, 5.74) is 2.35. The molecule has 1 heterocycles. The lowest BCUT2D eigenvalue weighted by atomic mass is 10.0. The third-order valence-electron chi connectivity index (χ3n) is 3.36. The number of ether oxygens (including phenoxy) is 1. The molecule has 0 aliphatic heterocycles. The standard InChI is InChI=1S/C17H22N2O/c1-3-18-15(12-11-14-8-5-4-6-9-14)17-16(20-2)10-7-13-19-17/h4-10,13,15,18H,3,11-12H2,1-2H3. The lowest BCUT2D eigenvalue weighted by molar-refractivity contribution is 0.390. The predicted octanol–water partition coefficient (Wildman–Crippen LogP) is 3.37. The highest BCUT2D eigenvalue weighted by molar-refractivity contribution is 5.29. The number of aromatic nitrogens is 1. The van der Waals surface area contributed by atoms with Crippen molar-refractivity contribution >= 4 is 0 Å². The summed E-state index contributed by atoms with van der Waals surface area (Å²) in [6.07, 6.45) is 3.86. The Morgan fingerprint density at radius 2 is 1.95 bits per heavy atom. The maximum Gasteiger partial charge on any atom is 0.141 e. The highest BCUT2D eigenvalue weighted by Gasteiger charge is 2.16. The van der Waals surface area contributed by atoms with Gasteiger partial charge in [0.25, 0.3) is 0 Å². The Morgan fingerprint density at radius 1 is 1.15 bits per heavy atom. The zero-order chi connectivity index (χ0) is 14.2. The van der Waals surface area contributed by atoms with Crippen LogP contribution in [0.15, 0.2) is 48.7 Å². The monoisotopic (exact) mass is 270 g/mol. The van der Waals surface area contributed by atoms with E-state index in [9.17, 15) is 0 Å². The number of rotatable bonds is 7. The fourth-order valence-corrected chi connectivity index (χ4v) is 2.37. The zero-order valence-corrected chi connectivity index (χ0v) is 12.2. The van der Waals surface area contributed by atoms with E-state index >= 15 is 0 Å². The van der Waals surface area contributed by atoms with Crippen LogP contribution in [-0.2, 0) is 6.42 Å². The Labute approximate surface area is 121 Å². The summed E-state index contributed by atoms with van der Waals surface area (Å²) in [5, 5.41) is 3.50. The van der Waals surface area contributed by atoms with E-state index in [1.807, 2.05) is 24.4 Å². The second-order valence-electron chi connectivity index (χ2n) is 4.73. The van der Waals surface area contributed by atoms with Crippen LogP contribution < -0.4 is 10.1 Å². The molecule has 2 aromatic rings. The lowest BCUT2D eigenvalue weighted by Crippen LogP contribution is -2.23. The third kappa shape index (κ3) is 3.81. The quantitative estimate of drug-likeness (QED) is 0.837. The van der Waals surface area contributed by atoms with Gasteiger partial charge in [-0.3, -0.25) is 4.98 Å². The lowest BCUT2D eigenvalue weighted by Gasteiger charge is -2.19. The molecule has 0 spiro atoms. The van der Waals surface area contributed by atoms with Crippen LogP contribution in [0.3, 0.4) is 0 Å². The van der Waals surface area contributed by atoms with Gasteiger partial charge in [-0.2, -0.15) is 0 Å². The van der Waals surface area contributed by atoms with Gasteiger partial charge in [0.15, 0.2) is 0 Å². The number of benzene rings is 1. The number of methoxy groups -OCH3 is 1. The Hall–Kier alpha value is -1.87. The molecule has 0 saturated heterocycles. The van der Waals surface area contributed by atoms with Gasteiger partial charge in [-0.1, -0.05) is 37.3 Å². The number of hydrogen-bond donors (Lipinski definition) is 1. The minimum absolute atomic E-state index is 0.219. The predicted molar refractivity (Wildman–Crippen MR) is 82.0 cm³/mol. The summed E-state index contributed by atoms with van der Waals surface area (Å²) in [7, 11) is 1.70. The molecule has 1 aromatic carbocycles. The number of pyridine rings is 1. The van der Waals surface area contributed by atoms with Gasteiger partial charge in [0, 0.05) is 6.20 Å². The van der Waals surface area contributed by atoms with Crippen LogP contribution in [0.5, 0.6) is 5.75 Å². The summed E-state index contributed by atoms with van der Waals surface area (Å²) in [4.78, 5) is 4.49. The highest BCUT2D eigenvalue weighted by Crippen LogP contribution is 2.25. The first-order valence-corrected chi connectivity index (χ1v) is 7.11. The Morgan fingerprint density at radius 3 is 2.65 bits per heavy atom. The van der Waals surface area contributed by atoms with Gasteiger partial charge in [0.2, 0.25) is 0 Å². The summed E-state index contributed by atoms with van der Waals surface area (Å²) in [6, 6.07) is 14.6. The normalized spacial score (nSPS) is 12.1. The fourth-order valence-electron chi connectivity index (χ4n) is 2.37. The van der Waals surface area contributed by atoms with Gasteiger partial charge in [0.05, 0.1) is 18.8 Å². The van der Waals surface area contributed by atoms with Gasteiger partial charge >= 0.3 is 0 Å². The molecule has 0 fully saturated rings. The summed E-state index contributed by atoms with van der Waals surface area (Å²) >= 11 is 0. The highest BCUT2D eigenvalue weighted by atomic mass is 16.5. The van der Waals surface area contributed by atoms with Crippen molar-refractivity contribution < 1.29 is 4.74 Å². The van der Waals surface area contributed by atoms with Crippen molar-refractivity contribution in [3.63, 3.8) is 0 Å². The molecule has 0 amide bonds. The molecule has 3 nitrogen and oxygen atoms in total. The van der Waals surface area contributed by atoms with E-state index in [0.717, 1.165) is 30.8 Å². The van der Waals surface area contributed by atoms with Crippen molar-refractivity contribution in [3.8, 4) is 5.75 Å². The Balaban J connectivity index is 2.10. The molecule has 0 aliphatic carbocycles. The van der Waals surface area contributed by atoms with Gasteiger partial charge in [-0.05, 0) is 37.1 Å². The van der Waals surface area contributed by atoms with E-state index in [1.54, 1.807) is 7.11 Å². The molecule has 3 heteroatoms. The molecule has 1 unspecified atom stereocenters. The minimum Gasteiger partial charge on any atom is -0.495 e. The van der Waals surface area contributed by atoms with Crippen molar-refractivity contribution in [2.75, 3.05) is 13.7 Å². The average molecular weight is 270 g/mol. The largest absolute Gasteiger partial charge is 0.495 e. The van der Waals surface area contributed by atoms with E-state index in [0.29, 0.717) is 0 Å². The van der Waals surface area contributed by atoms with Crippen LogP contribution in [0, 0.1) is 0 Å². The number of hydrogen-bond acceptors (Lipinski definition) is 3. The SMILES string of the molecule is CCNC(CCc1ccccc1)c1ncccc1OC. The molecule has 106 valence electrons. The number of aryl methyl sites for hydroxylation is 1. The molecule has 1 aromatic heterocycles. The molecule has 0 radical (unpaired) electrons. The van der Waals surface area contributed by atoms with Crippen molar-refractivity contribution in [3.05, 3.63) is 59.9 Å². The molecular weight excluding hydrogens is 248 g/mol. The average Bonchev–Trinajstić information content (AvgIpc) is 2.52. The Kier molecular flexibility index (Phi) is 5.56. The minimum atomic E-state index is 0.219. The van der Waals surface area contributed by atoms with Crippen LogP contribution in [0.1, 0.15) is 30.6 Å². The second-order valence-corrected chi connectivity index (χ2v) is 4.73. The maximum absolute atomic E-state index is 5.42. The first kappa shape index (κ1) is 14.5.